The number of likely N-dealkylation sites (N-methyl/N-ethyl adjacent to an activating group) is 1. The van der Waals surface area contributed by atoms with Gasteiger partial charge >= 0.3 is 0 Å². The summed E-state index contributed by atoms with van der Waals surface area (Å²) in [5, 5.41) is 0. The van der Waals surface area contributed by atoms with E-state index in [4.69, 9.17) is 4.98 Å². The predicted octanol–water partition coefficient (Wildman–Crippen LogP) is 1.78. The second-order valence-corrected chi connectivity index (χ2v) is 6.21. The molecule has 23 heavy (non-hydrogen) atoms. The first-order valence-corrected chi connectivity index (χ1v) is 8.08. The molecule has 2 aliphatic rings. The first-order chi connectivity index (χ1) is 11.2. The molecule has 7 nitrogen and oxygen atoms in total. The van der Waals surface area contributed by atoms with Crippen LogP contribution in [0.4, 0.5) is 11.5 Å². The Morgan fingerprint density at radius 1 is 1.35 bits per heavy atom. The van der Waals surface area contributed by atoms with Gasteiger partial charge in [-0.15, -0.1) is 0 Å². The molecule has 1 fully saturated rings. The molecular weight excluding hydrogens is 292 g/mol. The molecule has 7 heteroatoms. The van der Waals surface area contributed by atoms with Crippen molar-refractivity contribution >= 4 is 17.4 Å². The third kappa shape index (κ3) is 1.89. The highest BCUT2D eigenvalue weighted by molar-refractivity contribution is 6.07. The molecule has 4 heterocycles. The van der Waals surface area contributed by atoms with Crippen molar-refractivity contribution in [3.8, 4) is 5.95 Å². The van der Waals surface area contributed by atoms with Crippen LogP contribution in [0, 0.1) is 0 Å². The molecule has 2 aromatic heterocycles. The van der Waals surface area contributed by atoms with Crippen molar-refractivity contribution in [2.75, 3.05) is 23.4 Å². The lowest BCUT2D eigenvalue weighted by Gasteiger charge is -2.51. The number of carbonyl (C=O) groups excluding carboxylic acids is 1. The maximum Gasteiger partial charge on any atom is 0.252 e. The van der Waals surface area contributed by atoms with Crippen molar-refractivity contribution in [2.45, 2.75) is 38.1 Å². The van der Waals surface area contributed by atoms with Crippen molar-refractivity contribution in [3.63, 3.8) is 0 Å². The summed E-state index contributed by atoms with van der Waals surface area (Å²) < 4.78 is 1.79. The van der Waals surface area contributed by atoms with Crippen molar-refractivity contribution in [1.29, 1.82) is 0 Å². The number of hydrogen-bond donors (Lipinski definition) is 0. The third-order valence-electron chi connectivity index (χ3n) is 5.12. The number of anilines is 2. The highest BCUT2D eigenvalue weighted by atomic mass is 16.2. The van der Waals surface area contributed by atoms with Crippen LogP contribution in [0.3, 0.4) is 0 Å². The number of fused-ring (bicyclic) bond motifs is 3. The van der Waals surface area contributed by atoms with E-state index in [-0.39, 0.29) is 5.91 Å². The maximum atomic E-state index is 13.0. The van der Waals surface area contributed by atoms with Gasteiger partial charge in [-0.05, 0) is 25.7 Å². The molecule has 0 spiro atoms. The van der Waals surface area contributed by atoms with Crippen LogP contribution < -0.4 is 9.80 Å². The third-order valence-corrected chi connectivity index (χ3v) is 5.12. The summed E-state index contributed by atoms with van der Waals surface area (Å²) >= 11 is 0. The number of imidazole rings is 1. The fraction of sp³-hybridized carbons (Fsp3) is 0.500. The van der Waals surface area contributed by atoms with Gasteiger partial charge in [-0.3, -0.25) is 9.36 Å². The average molecular weight is 312 g/mol. The summed E-state index contributed by atoms with van der Waals surface area (Å²) in [6.07, 6.45) is 10.8. The lowest BCUT2D eigenvalue weighted by atomic mass is 9.81. The topological polar surface area (TPSA) is 67.2 Å². The zero-order valence-electron chi connectivity index (χ0n) is 13.4. The summed E-state index contributed by atoms with van der Waals surface area (Å²) in [6, 6.07) is 0. The summed E-state index contributed by atoms with van der Waals surface area (Å²) in [5.74, 6) is 1.60. The SMILES string of the molecule is CC[C@@]12CCCCN1c1nc(-n3ccnc3)ncc1N(C)C2=O. The Morgan fingerprint density at radius 3 is 2.96 bits per heavy atom. The van der Waals surface area contributed by atoms with Gasteiger partial charge in [-0.2, -0.15) is 4.98 Å². The fourth-order valence-corrected chi connectivity index (χ4v) is 3.80. The molecule has 0 unspecified atom stereocenters. The maximum absolute atomic E-state index is 13.0. The lowest BCUT2D eigenvalue weighted by Crippen LogP contribution is -2.64. The van der Waals surface area contributed by atoms with Gasteiger partial charge in [0.1, 0.15) is 17.6 Å². The second-order valence-electron chi connectivity index (χ2n) is 6.21. The molecule has 0 aromatic carbocycles. The van der Waals surface area contributed by atoms with E-state index in [1.165, 1.54) is 0 Å². The van der Waals surface area contributed by atoms with E-state index in [0.29, 0.717) is 5.95 Å². The van der Waals surface area contributed by atoms with Gasteiger partial charge < -0.3 is 9.80 Å². The summed E-state index contributed by atoms with van der Waals surface area (Å²) in [5.41, 5.74) is 0.324. The molecule has 1 amide bonds. The lowest BCUT2D eigenvalue weighted by molar-refractivity contribution is -0.124. The molecule has 120 valence electrons. The van der Waals surface area contributed by atoms with Crippen molar-refractivity contribution in [2.24, 2.45) is 0 Å². The molecule has 0 aliphatic carbocycles. The number of carbonyl (C=O) groups is 1. The summed E-state index contributed by atoms with van der Waals surface area (Å²) in [4.78, 5) is 30.1. The number of amides is 1. The minimum absolute atomic E-state index is 0.159. The zero-order valence-corrected chi connectivity index (χ0v) is 13.4. The molecule has 0 bridgehead atoms. The quantitative estimate of drug-likeness (QED) is 0.845. The molecule has 0 saturated carbocycles. The van der Waals surface area contributed by atoms with Gasteiger partial charge in [-0.1, -0.05) is 6.92 Å². The van der Waals surface area contributed by atoms with E-state index in [9.17, 15) is 4.79 Å². The van der Waals surface area contributed by atoms with Crippen molar-refractivity contribution < 1.29 is 4.79 Å². The number of rotatable bonds is 2. The van der Waals surface area contributed by atoms with E-state index >= 15 is 0 Å². The minimum Gasteiger partial charge on any atom is -0.340 e. The standard InChI is InChI=1S/C16H20N6O/c1-3-16-6-4-5-8-22(16)13-12(20(2)14(16)23)10-18-15(19-13)21-9-7-17-11-21/h7,9-11H,3-6,8H2,1-2H3/t16-/m0/s1. The average Bonchev–Trinajstić information content (AvgIpc) is 3.13. The molecule has 2 aromatic rings. The Hall–Kier alpha value is -2.44. The van der Waals surface area contributed by atoms with Crippen LogP contribution in [0.2, 0.25) is 0 Å². The normalized spacial score (nSPS) is 23.7. The van der Waals surface area contributed by atoms with Gasteiger partial charge in [0.2, 0.25) is 5.95 Å². The van der Waals surface area contributed by atoms with Crippen LogP contribution in [-0.2, 0) is 4.79 Å². The van der Waals surface area contributed by atoms with E-state index < -0.39 is 5.54 Å². The summed E-state index contributed by atoms with van der Waals surface area (Å²) in [7, 11) is 1.82. The molecular formula is C16H20N6O. The van der Waals surface area contributed by atoms with E-state index in [1.807, 2.05) is 13.2 Å². The van der Waals surface area contributed by atoms with E-state index in [0.717, 1.165) is 43.7 Å². The Kier molecular flexibility index (Phi) is 3.11. The van der Waals surface area contributed by atoms with Gasteiger partial charge in [-0.25, -0.2) is 9.97 Å². The fourth-order valence-electron chi connectivity index (χ4n) is 3.80. The molecule has 0 radical (unpaired) electrons. The smallest absolute Gasteiger partial charge is 0.252 e. The van der Waals surface area contributed by atoms with Gasteiger partial charge in [0, 0.05) is 26.0 Å². The van der Waals surface area contributed by atoms with E-state index in [2.05, 4.69) is 21.8 Å². The highest BCUT2D eigenvalue weighted by Gasteiger charge is 2.50. The van der Waals surface area contributed by atoms with Gasteiger partial charge in [0.15, 0.2) is 5.82 Å². The molecule has 2 aliphatic heterocycles. The molecule has 1 atom stereocenters. The molecule has 0 N–H and O–H groups in total. The zero-order chi connectivity index (χ0) is 16.0. The van der Waals surface area contributed by atoms with Crippen molar-refractivity contribution in [1.82, 2.24) is 19.5 Å². The Balaban J connectivity index is 1.89. The van der Waals surface area contributed by atoms with Crippen LogP contribution in [-0.4, -0.2) is 44.6 Å². The number of nitrogens with zero attached hydrogens (tertiary/aromatic N) is 6. The van der Waals surface area contributed by atoms with Gasteiger partial charge in [0.05, 0.1) is 6.20 Å². The highest BCUT2D eigenvalue weighted by Crippen LogP contribution is 2.44. The number of piperidine rings is 1. The first kappa shape index (κ1) is 14.2. The predicted molar refractivity (Wildman–Crippen MR) is 86.8 cm³/mol. The van der Waals surface area contributed by atoms with Crippen LogP contribution >= 0.6 is 0 Å². The van der Waals surface area contributed by atoms with Crippen LogP contribution in [0.25, 0.3) is 5.95 Å². The van der Waals surface area contributed by atoms with Crippen molar-refractivity contribution in [3.05, 3.63) is 24.9 Å². The minimum atomic E-state index is -0.458. The second kappa shape index (κ2) is 5.04. The Labute approximate surface area is 135 Å². The molecule has 4 rings (SSSR count). The van der Waals surface area contributed by atoms with Crippen LogP contribution in [0.1, 0.15) is 32.6 Å². The Bertz CT molecular complexity index is 743. The van der Waals surface area contributed by atoms with Gasteiger partial charge in [0.25, 0.3) is 5.91 Å². The summed E-state index contributed by atoms with van der Waals surface area (Å²) in [6.45, 7) is 2.95. The Morgan fingerprint density at radius 2 is 2.22 bits per heavy atom. The van der Waals surface area contributed by atoms with Crippen LogP contribution in [0.5, 0.6) is 0 Å². The first-order valence-electron chi connectivity index (χ1n) is 8.08. The number of aromatic nitrogens is 4. The number of hydrogen-bond acceptors (Lipinski definition) is 5. The van der Waals surface area contributed by atoms with Crippen LogP contribution in [0.15, 0.2) is 24.9 Å². The molecule has 1 saturated heterocycles. The van der Waals surface area contributed by atoms with E-state index in [1.54, 1.807) is 28.2 Å². The monoisotopic (exact) mass is 312 g/mol. The largest absolute Gasteiger partial charge is 0.340 e.